The Labute approximate surface area is 143 Å². The maximum absolute atomic E-state index is 9.75. The van der Waals surface area contributed by atoms with Crippen molar-refractivity contribution in [3.05, 3.63) is 12.7 Å². The Hall–Kier alpha value is 0.731. The molecular weight excluding hydrogens is 336 g/mol. The molecule has 0 saturated heterocycles. The van der Waals surface area contributed by atoms with Gasteiger partial charge in [0.05, 0.1) is 0 Å². The van der Waals surface area contributed by atoms with Crippen LogP contribution in [0.3, 0.4) is 0 Å². The summed E-state index contributed by atoms with van der Waals surface area (Å²) in [6, 6.07) is 0. The molecule has 0 aromatic carbocycles. The third-order valence-electron chi connectivity index (χ3n) is 0. The fraction of sp³-hybridized carbons (Fsp3) is 0.333. The van der Waals surface area contributed by atoms with Gasteiger partial charge in [-0.15, -0.1) is 0 Å². The molecule has 16 heteroatoms. The maximum Gasteiger partial charge on any atom is 1.00 e. The van der Waals surface area contributed by atoms with Gasteiger partial charge in [0.1, 0.15) is 0 Å². The summed E-state index contributed by atoms with van der Waals surface area (Å²) in [4.78, 5) is 0. The van der Waals surface area contributed by atoms with E-state index in [1.807, 2.05) is 0 Å². The molecule has 0 aliphatic heterocycles. The van der Waals surface area contributed by atoms with Crippen LogP contribution in [-0.2, 0) is 0 Å². The second-order valence-electron chi connectivity index (χ2n) is 1.84. The predicted molar refractivity (Wildman–Crippen MR) is 45.1 cm³/mol. The summed E-state index contributed by atoms with van der Waals surface area (Å²) in [7, 11) is -18.0. The fourth-order valence-corrected chi connectivity index (χ4v) is 0. The van der Waals surface area contributed by atoms with E-state index in [1.165, 1.54) is 0 Å². The largest absolute Gasteiger partial charge is 1.00 e. The summed E-state index contributed by atoms with van der Waals surface area (Å²) in [5.41, 5.74) is 0. The summed E-state index contributed by atoms with van der Waals surface area (Å²) < 4.78 is 117. The van der Waals surface area contributed by atoms with Gasteiger partial charge in [0.2, 0.25) is 0 Å². The first-order chi connectivity index (χ1) is 7.41. The van der Waals surface area contributed by atoms with Crippen LogP contribution in [0.2, 0.25) is 0 Å². The minimum absolute atomic E-state index is 0. The van der Waals surface area contributed by atoms with Crippen LogP contribution in [-0.4, -0.2) is 21.8 Å². The maximum atomic E-state index is 9.75. The van der Waals surface area contributed by atoms with E-state index < -0.39 is 21.8 Å². The van der Waals surface area contributed by atoms with Gasteiger partial charge in [-0.2, -0.15) is 6.92 Å². The quantitative estimate of drug-likeness (QED) is 0.359. The van der Waals surface area contributed by atoms with Gasteiger partial charge < -0.3 is 57.9 Å². The van der Waals surface area contributed by atoms with Crippen molar-refractivity contribution in [3.63, 3.8) is 0 Å². The zero-order valence-corrected chi connectivity index (χ0v) is 12.6. The average molecular weight is 341 g/mol. The average Bonchev–Trinajstić information content (AvgIpc) is 1.71. The number of rotatable bonds is 0. The molecule has 0 N–H and O–H groups in total. The molecule has 19 heavy (non-hydrogen) atoms. The van der Waals surface area contributed by atoms with E-state index in [2.05, 4.69) is 12.7 Å². The van der Waals surface area contributed by atoms with E-state index in [1.54, 1.807) is 6.92 Å². The zero-order chi connectivity index (χ0) is 16.2. The number of hydrogen-bond donors (Lipinski definition) is 0. The summed E-state index contributed by atoms with van der Waals surface area (Å²) in [5, 5.41) is 0. The van der Waals surface area contributed by atoms with Crippen LogP contribution in [0.15, 0.2) is 6.58 Å². The van der Waals surface area contributed by atoms with E-state index in [4.69, 9.17) is 0 Å². The standard InChI is InChI=1S/C3H5.3BF4.K/c1-3-2;3*2-1(3,4)5;/h1H2,2H3;;;;/q4*-1;+1. The topological polar surface area (TPSA) is 0 Å². The molecule has 0 heterocycles. The monoisotopic (exact) mass is 341 g/mol. The van der Waals surface area contributed by atoms with Gasteiger partial charge in [-0.25, -0.2) is 0 Å². The van der Waals surface area contributed by atoms with Crippen LogP contribution in [0.1, 0.15) is 6.92 Å². The van der Waals surface area contributed by atoms with Crippen LogP contribution in [0.4, 0.5) is 51.8 Å². The molecule has 0 nitrogen and oxygen atoms in total. The van der Waals surface area contributed by atoms with Gasteiger partial charge in [-0.05, 0) is 0 Å². The van der Waals surface area contributed by atoms with Gasteiger partial charge in [0.15, 0.2) is 0 Å². The van der Waals surface area contributed by atoms with Crippen LogP contribution < -0.4 is 51.4 Å². The van der Waals surface area contributed by atoms with Crippen molar-refractivity contribution in [2.45, 2.75) is 6.92 Å². The van der Waals surface area contributed by atoms with Crippen molar-refractivity contribution in [2.24, 2.45) is 0 Å². The third kappa shape index (κ3) is 9810. The molecule has 0 atom stereocenters. The Bertz CT molecular complexity index is 136. The van der Waals surface area contributed by atoms with Crippen LogP contribution in [0.5, 0.6) is 0 Å². The van der Waals surface area contributed by atoms with Crippen LogP contribution in [0.25, 0.3) is 0 Å². The molecule has 0 bridgehead atoms. The van der Waals surface area contributed by atoms with Crippen molar-refractivity contribution in [1.82, 2.24) is 0 Å². The molecule has 0 spiro atoms. The van der Waals surface area contributed by atoms with E-state index in [9.17, 15) is 51.8 Å². The molecule has 0 aliphatic rings. The molecule has 0 aliphatic carbocycles. The van der Waals surface area contributed by atoms with Crippen molar-refractivity contribution >= 4 is 21.8 Å². The molecule has 0 amide bonds. The first-order valence-corrected chi connectivity index (χ1v) is 3.47. The molecule has 0 saturated carbocycles. The van der Waals surface area contributed by atoms with E-state index in [0.29, 0.717) is 0 Å². The zero-order valence-electron chi connectivity index (χ0n) is 9.47. The molecule has 114 valence electrons. The Balaban J connectivity index is -0.0000000458. The van der Waals surface area contributed by atoms with Crippen molar-refractivity contribution < 1.29 is 103 Å². The van der Waals surface area contributed by atoms with E-state index in [-0.39, 0.29) is 51.4 Å². The van der Waals surface area contributed by atoms with Crippen molar-refractivity contribution in [2.75, 3.05) is 0 Å². The van der Waals surface area contributed by atoms with Gasteiger partial charge in [0, 0.05) is 0 Å². The van der Waals surface area contributed by atoms with Crippen LogP contribution >= 0.6 is 0 Å². The van der Waals surface area contributed by atoms with Gasteiger partial charge >= 0.3 is 73.1 Å². The number of hydrogen-bond acceptors (Lipinski definition) is 0. The van der Waals surface area contributed by atoms with E-state index >= 15 is 0 Å². The number of allylic oxidation sites excluding steroid dienone is 1. The van der Waals surface area contributed by atoms with Gasteiger partial charge in [-0.3, -0.25) is 6.58 Å². The Morgan fingerprint density at radius 2 is 0.579 bits per heavy atom. The second-order valence-corrected chi connectivity index (χ2v) is 1.84. The minimum Gasteiger partial charge on any atom is -0.507 e. The molecule has 0 aromatic rings. The molecule has 0 unspecified atom stereocenters. The Morgan fingerprint density at radius 3 is 0.579 bits per heavy atom. The Morgan fingerprint density at radius 1 is 0.579 bits per heavy atom. The SMILES string of the molecule is C=[C-]C.F[B-](F)(F)F.F[B-](F)(F)F.F[B-](F)(F)F.[K+]. The Kier molecular flexibility index (Phi) is 25.4. The first-order valence-electron chi connectivity index (χ1n) is 3.47. The molecule has 0 aromatic heterocycles. The summed E-state index contributed by atoms with van der Waals surface area (Å²) >= 11 is 0. The van der Waals surface area contributed by atoms with Gasteiger partial charge in [0.25, 0.3) is 0 Å². The summed E-state index contributed by atoms with van der Waals surface area (Å²) in [6.07, 6.45) is 2.50. The summed E-state index contributed by atoms with van der Waals surface area (Å²) in [6.45, 7) is 5.00. The van der Waals surface area contributed by atoms with Crippen LogP contribution in [0, 0.1) is 6.08 Å². The molecule has 0 fully saturated rings. The van der Waals surface area contributed by atoms with Crippen molar-refractivity contribution in [1.29, 1.82) is 0 Å². The number of halogens is 12. The normalized spacial score (nSPS) is 10.2. The minimum atomic E-state index is -6.00. The van der Waals surface area contributed by atoms with Crippen molar-refractivity contribution in [3.8, 4) is 0 Å². The third-order valence-corrected chi connectivity index (χ3v) is 0. The smallest absolute Gasteiger partial charge is 0.507 e. The predicted octanol–water partition coefficient (Wildman–Crippen LogP) is 1.90. The molecule has 0 radical (unpaired) electrons. The fourth-order valence-electron chi connectivity index (χ4n) is 0. The van der Waals surface area contributed by atoms with Gasteiger partial charge in [-0.1, -0.05) is 0 Å². The molecular formula is C3H5B3F12K-3. The molecule has 0 rings (SSSR count). The summed E-state index contributed by atoms with van der Waals surface area (Å²) in [5.74, 6) is 0. The van der Waals surface area contributed by atoms with E-state index in [0.717, 1.165) is 0 Å². The second kappa shape index (κ2) is 15.1. The first kappa shape index (κ1) is 31.9.